The lowest BCUT2D eigenvalue weighted by Gasteiger charge is -2.15. The molecule has 0 aliphatic carbocycles. The molecule has 122 valence electrons. The number of carbonyl (C=O) groups excluding carboxylic acids is 1. The molecule has 1 atom stereocenters. The van der Waals surface area contributed by atoms with Gasteiger partial charge in [-0.1, -0.05) is 37.3 Å². The number of sulfone groups is 1. The van der Waals surface area contributed by atoms with Gasteiger partial charge in [-0.3, -0.25) is 0 Å². The number of hydrogen-bond acceptors (Lipinski definition) is 3. The fraction of sp³-hybridized carbons (Fsp3) is 0.235. The Hall–Kier alpha value is -2.34. The van der Waals surface area contributed by atoms with Crippen LogP contribution in [-0.2, 0) is 9.84 Å². The maximum atomic E-state index is 12.0. The number of carbonyl (C=O) groups is 1. The highest BCUT2D eigenvalue weighted by Crippen LogP contribution is 2.16. The molecule has 5 nitrogen and oxygen atoms in total. The number of amides is 2. The molecule has 0 saturated heterocycles. The Morgan fingerprint density at radius 1 is 1.04 bits per heavy atom. The first-order valence-electron chi connectivity index (χ1n) is 7.37. The third-order valence-electron chi connectivity index (χ3n) is 3.50. The van der Waals surface area contributed by atoms with Crippen molar-refractivity contribution in [3.63, 3.8) is 0 Å². The van der Waals surface area contributed by atoms with Gasteiger partial charge in [0.05, 0.1) is 16.7 Å². The molecule has 2 rings (SSSR count). The highest BCUT2D eigenvalue weighted by atomic mass is 32.2. The highest BCUT2D eigenvalue weighted by molar-refractivity contribution is 7.91. The summed E-state index contributed by atoms with van der Waals surface area (Å²) < 4.78 is 23.5. The molecule has 0 aromatic heterocycles. The lowest BCUT2D eigenvalue weighted by Crippen LogP contribution is -2.31. The largest absolute Gasteiger partial charge is 0.331 e. The fourth-order valence-electron chi connectivity index (χ4n) is 2.10. The van der Waals surface area contributed by atoms with E-state index < -0.39 is 9.84 Å². The summed E-state index contributed by atoms with van der Waals surface area (Å²) in [5.74, 6) is 0.0504. The fourth-order valence-corrected chi connectivity index (χ4v) is 2.99. The molecule has 0 unspecified atom stereocenters. The number of anilines is 1. The van der Waals surface area contributed by atoms with Crippen LogP contribution in [0.5, 0.6) is 0 Å². The van der Waals surface area contributed by atoms with Crippen molar-refractivity contribution in [2.75, 3.05) is 11.1 Å². The normalized spacial score (nSPS) is 12.4. The summed E-state index contributed by atoms with van der Waals surface area (Å²) >= 11 is 0. The van der Waals surface area contributed by atoms with Gasteiger partial charge in [-0.15, -0.1) is 0 Å². The van der Waals surface area contributed by atoms with Gasteiger partial charge in [0.1, 0.15) is 0 Å². The second-order valence-corrected chi connectivity index (χ2v) is 7.44. The van der Waals surface area contributed by atoms with Crippen molar-refractivity contribution in [2.24, 2.45) is 0 Å². The predicted molar refractivity (Wildman–Crippen MR) is 91.2 cm³/mol. The van der Waals surface area contributed by atoms with E-state index in [0.717, 1.165) is 5.56 Å². The maximum Gasteiger partial charge on any atom is 0.319 e. The van der Waals surface area contributed by atoms with E-state index in [1.54, 1.807) is 19.1 Å². The zero-order valence-electron chi connectivity index (χ0n) is 13.1. The van der Waals surface area contributed by atoms with Crippen molar-refractivity contribution in [3.8, 4) is 0 Å². The first kappa shape index (κ1) is 17.0. The summed E-state index contributed by atoms with van der Waals surface area (Å²) in [5, 5.41) is 5.53. The quantitative estimate of drug-likeness (QED) is 0.881. The van der Waals surface area contributed by atoms with Crippen LogP contribution in [0.3, 0.4) is 0 Å². The average molecular weight is 332 g/mol. The topological polar surface area (TPSA) is 75.3 Å². The molecule has 6 heteroatoms. The van der Waals surface area contributed by atoms with Crippen LogP contribution in [-0.4, -0.2) is 20.2 Å². The van der Waals surface area contributed by atoms with Crippen molar-refractivity contribution in [2.45, 2.75) is 24.8 Å². The molecule has 0 saturated carbocycles. The molecule has 0 radical (unpaired) electrons. The molecule has 0 spiro atoms. The molecule has 0 aliphatic heterocycles. The Morgan fingerprint density at radius 2 is 1.65 bits per heavy atom. The van der Waals surface area contributed by atoms with Gasteiger partial charge in [0.25, 0.3) is 0 Å². The monoisotopic (exact) mass is 332 g/mol. The second-order valence-electron chi connectivity index (χ2n) is 5.16. The number of urea groups is 1. The molecule has 2 aromatic carbocycles. The number of rotatable bonds is 5. The van der Waals surface area contributed by atoms with Gasteiger partial charge in [-0.2, -0.15) is 0 Å². The van der Waals surface area contributed by atoms with Crippen LogP contribution in [0.15, 0.2) is 59.5 Å². The van der Waals surface area contributed by atoms with Crippen LogP contribution >= 0.6 is 0 Å². The average Bonchev–Trinajstić information content (AvgIpc) is 2.56. The third-order valence-corrected chi connectivity index (χ3v) is 5.25. The van der Waals surface area contributed by atoms with Crippen molar-refractivity contribution >= 4 is 21.6 Å². The van der Waals surface area contributed by atoms with E-state index in [1.165, 1.54) is 12.1 Å². The minimum atomic E-state index is -3.23. The summed E-state index contributed by atoms with van der Waals surface area (Å²) in [4.78, 5) is 12.2. The van der Waals surface area contributed by atoms with E-state index in [0.29, 0.717) is 5.69 Å². The summed E-state index contributed by atoms with van der Waals surface area (Å²) in [6, 6.07) is 15.3. The summed E-state index contributed by atoms with van der Waals surface area (Å²) in [6.45, 7) is 3.49. The number of nitrogens with one attached hydrogen (secondary N) is 2. The number of benzene rings is 2. The zero-order chi connectivity index (χ0) is 16.9. The van der Waals surface area contributed by atoms with Gasteiger partial charge in [0.2, 0.25) is 0 Å². The van der Waals surface area contributed by atoms with Crippen LogP contribution < -0.4 is 10.6 Å². The predicted octanol–water partition coefficient (Wildman–Crippen LogP) is 3.36. The van der Waals surface area contributed by atoms with E-state index in [4.69, 9.17) is 0 Å². The minimum Gasteiger partial charge on any atom is -0.331 e. The SMILES string of the molecule is CCS(=O)(=O)c1ccc(NC(=O)N[C@@H](C)c2ccccc2)cc1. The third kappa shape index (κ3) is 4.56. The first-order chi connectivity index (χ1) is 10.9. The molecule has 0 fully saturated rings. The van der Waals surface area contributed by atoms with E-state index in [9.17, 15) is 13.2 Å². The maximum absolute atomic E-state index is 12.0. The Kier molecular flexibility index (Phi) is 5.39. The molecular formula is C17H20N2O3S. The Balaban J connectivity index is 1.98. The van der Waals surface area contributed by atoms with Crippen molar-refractivity contribution in [1.29, 1.82) is 0 Å². The van der Waals surface area contributed by atoms with E-state index in [-0.39, 0.29) is 22.7 Å². The smallest absolute Gasteiger partial charge is 0.319 e. The summed E-state index contributed by atoms with van der Waals surface area (Å²) in [5.41, 5.74) is 1.55. The lowest BCUT2D eigenvalue weighted by atomic mass is 10.1. The molecule has 2 aromatic rings. The van der Waals surface area contributed by atoms with Gasteiger partial charge < -0.3 is 10.6 Å². The van der Waals surface area contributed by atoms with Crippen LogP contribution in [0.2, 0.25) is 0 Å². The zero-order valence-corrected chi connectivity index (χ0v) is 13.9. The van der Waals surface area contributed by atoms with Crippen LogP contribution in [0.4, 0.5) is 10.5 Å². The molecule has 0 aliphatic rings. The van der Waals surface area contributed by atoms with Crippen molar-refractivity contribution in [3.05, 3.63) is 60.2 Å². The molecule has 2 amide bonds. The van der Waals surface area contributed by atoms with E-state index in [1.807, 2.05) is 37.3 Å². The van der Waals surface area contributed by atoms with E-state index in [2.05, 4.69) is 10.6 Å². The van der Waals surface area contributed by atoms with Crippen molar-refractivity contribution in [1.82, 2.24) is 5.32 Å². The van der Waals surface area contributed by atoms with Crippen molar-refractivity contribution < 1.29 is 13.2 Å². The molecule has 0 heterocycles. The van der Waals surface area contributed by atoms with Gasteiger partial charge in [-0.25, -0.2) is 13.2 Å². The summed E-state index contributed by atoms with van der Waals surface area (Å²) in [6.07, 6.45) is 0. The molecular weight excluding hydrogens is 312 g/mol. The Labute approximate surface area is 136 Å². The standard InChI is InChI=1S/C17H20N2O3S/c1-3-23(21,22)16-11-9-15(10-12-16)19-17(20)18-13(2)14-7-5-4-6-8-14/h4-13H,3H2,1-2H3,(H2,18,19,20)/t13-/m0/s1. The first-order valence-corrected chi connectivity index (χ1v) is 9.03. The summed E-state index contributed by atoms with van der Waals surface area (Å²) in [7, 11) is -3.23. The van der Waals surface area contributed by atoms with Crippen LogP contribution in [0.1, 0.15) is 25.5 Å². The van der Waals surface area contributed by atoms with E-state index >= 15 is 0 Å². The lowest BCUT2D eigenvalue weighted by molar-refractivity contribution is 0.249. The van der Waals surface area contributed by atoms with Gasteiger partial charge >= 0.3 is 6.03 Å². The van der Waals surface area contributed by atoms with Gasteiger partial charge in [0, 0.05) is 5.69 Å². The molecule has 23 heavy (non-hydrogen) atoms. The Bertz CT molecular complexity index is 756. The van der Waals surface area contributed by atoms with Crippen LogP contribution in [0, 0.1) is 0 Å². The number of hydrogen-bond donors (Lipinski definition) is 2. The highest BCUT2D eigenvalue weighted by Gasteiger charge is 2.12. The van der Waals surface area contributed by atoms with Gasteiger partial charge in [-0.05, 0) is 36.8 Å². The molecule has 0 bridgehead atoms. The van der Waals surface area contributed by atoms with Crippen LogP contribution in [0.25, 0.3) is 0 Å². The minimum absolute atomic E-state index is 0.0504. The molecule has 2 N–H and O–H groups in total. The second kappa shape index (κ2) is 7.28. The Morgan fingerprint density at radius 3 is 2.22 bits per heavy atom. The van der Waals surface area contributed by atoms with Gasteiger partial charge in [0.15, 0.2) is 9.84 Å².